The summed E-state index contributed by atoms with van der Waals surface area (Å²) >= 11 is 0. The molecule has 184 valence electrons. The van der Waals surface area contributed by atoms with Crippen molar-refractivity contribution < 1.29 is 9.47 Å². The molecule has 3 heterocycles. The van der Waals surface area contributed by atoms with Crippen LogP contribution in [0.5, 0.6) is 11.5 Å². The number of benzene rings is 1. The van der Waals surface area contributed by atoms with Gasteiger partial charge in [-0.15, -0.1) is 0 Å². The number of fused-ring (bicyclic) bond motifs is 1. The van der Waals surface area contributed by atoms with E-state index >= 15 is 0 Å². The molecule has 1 aliphatic heterocycles. The Kier molecular flexibility index (Phi) is 7.72. The molecule has 0 unspecified atom stereocenters. The maximum Gasteiger partial charge on any atom is 0.330 e. The largest absolute Gasteiger partial charge is 0.490 e. The van der Waals surface area contributed by atoms with Crippen LogP contribution in [-0.4, -0.2) is 49.8 Å². The molecular weight excluding hydrogens is 434 g/mol. The van der Waals surface area contributed by atoms with Gasteiger partial charge in [0.2, 0.25) is 0 Å². The maximum atomic E-state index is 12.6. The summed E-state index contributed by atoms with van der Waals surface area (Å²) in [5.41, 5.74) is 0.223. The van der Waals surface area contributed by atoms with E-state index in [1.807, 2.05) is 42.7 Å². The van der Waals surface area contributed by atoms with Crippen LogP contribution in [0.2, 0.25) is 0 Å². The average Bonchev–Trinajstić information content (AvgIpc) is 3.20. The van der Waals surface area contributed by atoms with Gasteiger partial charge in [-0.25, -0.2) is 9.78 Å². The van der Waals surface area contributed by atoms with Crippen LogP contribution in [0, 0.1) is 0 Å². The van der Waals surface area contributed by atoms with Gasteiger partial charge in [0.1, 0.15) is 11.9 Å². The number of aryl methyl sites for hydroxylation is 2. The monoisotopic (exact) mass is 469 g/mol. The van der Waals surface area contributed by atoms with Gasteiger partial charge < -0.3 is 14.0 Å². The first-order valence-electron chi connectivity index (χ1n) is 12.4. The Balaban J connectivity index is 1.48. The van der Waals surface area contributed by atoms with E-state index < -0.39 is 0 Å². The molecule has 0 saturated carbocycles. The number of hydrogen-bond donors (Lipinski definition) is 1. The zero-order valence-electron chi connectivity index (χ0n) is 20.4. The summed E-state index contributed by atoms with van der Waals surface area (Å²) in [5, 5.41) is 0. The average molecular weight is 470 g/mol. The third-order valence-corrected chi connectivity index (χ3v) is 6.36. The number of nitrogens with zero attached hydrogens (tertiary/aromatic N) is 4. The van der Waals surface area contributed by atoms with Crippen molar-refractivity contribution in [1.29, 1.82) is 0 Å². The number of nitrogens with one attached hydrogen (secondary N) is 1. The second-order valence-corrected chi connectivity index (χ2v) is 8.68. The molecule has 1 saturated heterocycles. The molecule has 0 bridgehead atoms. The molecule has 0 aliphatic carbocycles. The van der Waals surface area contributed by atoms with Crippen LogP contribution in [0.1, 0.15) is 52.3 Å². The van der Waals surface area contributed by atoms with Crippen molar-refractivity contribution >= 4 is 11.2 Å². The fraction of sp³-hybridized carbons (Fsp3) is 0.560. The number of hydrogen-bond acceptors (Lipinski definition) is 6. The van der Waals surface area contributed by atoms with E-state index in [0.717, 1.165) is 56.1 Å². The van der Waals surface area contributed by atoms with Crippen molar-refractivity contribution in [3.63, 3.8) is 0 Å². The second-order valence-electron chi connectivity index (χ2n) is 8.68. The molecule has 1 fully saturated rings. The summed E-state index contributed by atoms with van der Waals surface area (Å²) in [5.74, 6) is 2.39. The van der Waals surface area contributed by atoms with Crippen molar-refractivity contribution in [2.24, 2.45) is 0 Å². The summed E-state index contributed by atoms with van der Waals surface area (Å²) < 4.78 is 15.5. The highest BCUT2D eigenvalue weighted by Gasteiger charge is 2.24. The van der Waals surface area contributed by atoms with Gasteiger partial charge in [0.05, 0.1) is 13.2 Å². The molecule has 0 spiro atoms. The Morgan fingerprint density at radius 3 is 2.47 bits per heavy atom. The van der Waals surface area contributed by atoms with Gasteiger partial charge in [0, 0.05) is 26.2 Å². The number of likely N-dealkylation sites (tertiary alicyclic amines) is 1. The first-order valence-corrected chi connectivity index (χ1v) is 12.4. The summed E-state index contributed by atoms with van der Waals surface area (Å²) in [6.07, 6.45) is 3.74. The van der Waals surface area contributed by atoms with E-state index in [2.05, 4.69) is 16.8 Å². The Labute approximate surface area is 199 Å². The van der Waals surface area contributed by atoms with Gasteiger partial charge in [-0.3, -0.25) is 19.2 Å². The highest BCUT2D eigenvalue weighted by molar-refractivity contribution is 5.71. The van der Waals surface area contributed by atoms with Crippen LogP contribution in [0.3, 0.4) is 0 Å². The van der Waals surface area contributed by atoms with Crippen molar-refractivity contribution in [3.8, 4) is 11.5 Å². The van der Waals surface area contributed by atoms with Crippen molar-refractivity contribution in [2.75, 3.05) is 19.7 Å². The lowest BCUT2D eigenvalue weighted by molar-refractivity contribution is 0.0918. The number of para-hydroxylation sites is 2. The first-order chi connectivity index (χ1) is 16.5. The number of piperidine rings is 1. The number of ether oxygens (including phenoxy) is 2. The molecule has 0 amide bonds. The molecule has 3 aromatic rings. The van der Waals surface area contributed by atoms with E-state index in [9.17, 15) is 9.59 Å². The minimum Gasteiger partial charge on any atom is -0.490 e. The third-order valence-electron chi connectivity index (χ3n) is 6.36. The van der Waals surface area contributed by atoms with E-state index in [1.54, 1.807) is 4.57 Å². The third kappa shape index (κ3) is 5.04. The Morgan fingerprint density at radius 1 is 1.06 bits per heavy atom. The molecule has 9 heteroatoms. The number of rotatable bonds is 10. The number of aromatic amines is 1. The molecule has 1 aromatic carbocycles. The van der Waals surface area contributed by atoms with Crippen LogP contribution in [0.15, 0.2) is 33.9 Å². The van der Waals surface area contributed by atoms with Crippen LogP contribution in [0.25, 0.3) is 11.2 Å². The Bertz CT molecular complexity index is 1220. The zero-order chi connectivity index (χ0) is 24.1. The maximum absolute atomic E-state index is 12.6. The quantitative estimate of drug-likeness (QED) is 0.490. The second kappa shape index (κ2) is 10.9. The molecular formula is C25H35N5O4. The molecule has 0 radical (unpaired) electrons. The molecule has 1 N–H and O–H groups in total. The standard InChI is InChI=1S/C25H35N5O4/c1-4-7-14-30-23-22(24(31)27-25(30)32)29(5-2)21(26-23)17-28-15-12-18(13-16-28)34-20-11-9-8-10-19(20)33-6-3/h8-11,18H,4-7,12-17H2,1-3H3,(H,27,31,32). The smallest absolute Gasteiger partial charge is 0.330 e. The Morgan fingerprint density at radius 2 is 1.79 bits per heavy atom. The van der Waals surface area contributed by atoms with Gasteiger partial charge in [-0.1, -0.05) is 25.5 Å². The number of H-pyrrole nitrogens is 1. The predicted molar refractivity (Wildman–Crippen MR) is 132 cm³/mol. The van der Waals surface area contributed by atoms with E-state index in [1.165, 1.54) is 0 Å². The van der Waals surface area contributed by atoms with Crippen molar-refractivity contribution in [2.45, 2.75) is 72.2 Å². The van der Waals surface area contributed by atoms with E-state index in [4.69, 9.17) is 14.5 Å². The lowest BCUT2D eigenvalue weighted by Gasteiger charge is -2.32. The van der Waals surface area contributed by atoms with Gasteiger partial charge >= 0.3 is 5.69 Å². The van der Waals surface area contributed by atoms with Gasteiger partial charge in [0.15, 0.2) is 22.7 Å². The van der Waals surface area contributed by atoms with Gasteiger partial charge in [0.25, 0.3) is 5.56 Å². The van der Waals surface area contributed by atoms with Crippen molar-refractivity contribution in [1.82, 2.24) is 24.0 Å². The first kappa shape index (κ1) is 24.1. The van der Waals surface area contributed by atoms with Gasteiger partial charge in [-0.2, -0.15) is 0 Å². The minimum absolute atomic E-state index is 0.130. The van der Waals surface area contributed by atoms with E-state index in [-0.39, 0.29) is 17.4 Å². The molecule has 2 aromatic heterocycles. The zero-order valence-corrected chi connectivity index (χ0v) is 20.4. The fourth-order valence-corrected chi connectivity index (χ4v) is 4.59. The number of aromatic nitrogens is 4. The molecule has 34 heavy (non-hydrogen) atoms. The molecule has 4 rings (SSSR count). The number of unbranched alkanes of at least 4 members (excludes halogenated alkanes) is 1. The number of imidazole rings is 1. The lowest BCUT2D eigenvalue weighted by atomic mass is 10.1. The SMILES string of the molecule is CCCCn1c(=O)[nH]c(=O)c2c1nc(CN1CCC(Oc3ccccc3OCC)CC1)n2CC. The summed E-state index contributed by atoms with van der Waals surface area (Å²) in [7, 11) is 0. The van der Waals surface area contributed by atoms with Crippen LogP contribution < -0.4 is 20.7 Å². The van der Waals surface area contributed by atoms with Crippen LogP contribution >= 0.6 is 0 Å². The van der Waals surface area contributed by atoms with Crippen LogP contribution in [0.4, 0.5) is 0 Å². The van der Waals surface area contributed by atoms with E-state index in [0.29, 0.717) is 37.4 Å². The highest BCUT2D eigenvalue weighted by Crippen LogP contribution is 2.29. The summed E-state index contributed by atoms with van der Waals surface area (Å²) in [6, 6.07) is 7.80. The molecule has 0 atom stereocenters. The summed E-state index contributed by atoms with van der Waals surface area (Å²) in [6.45, 7) is 10.2. The van der Waals surface area contributed by atoms with Crippen LogP contribution in [-0.2, 0) is 19.6 Å². The van der Waals surface area contributed by atoms with Gasteiger partial charge in [-0.05, 0) is 45.2 Å². The summed E-state index contributed by atoms with van der Waals surface area (Å²) in [4.78, 5) is 34.7. The topological polar surface area (TPSA) is 94.4 Å². The Hall–Kier alpha value is -3.07. The normalized spacial score (nSPS) is 15.1. The fourth-order valence-electron chi connectivity index (χ4n) is 4.59. The lowest BCUT2D eigenvalue weighted by Crippen LogP contribution is -2.38. The molecule has 1 aliphatic rings. The van der Waals surface area contributed by atoms with Crippen molar-refractivity contribution in [3.05, 3.63) is 50.9 Å². The highest BCUT2D eigenvalue weighted by atomic mass is 16.5. The molecule has 9 nitrogen and oxygen atoms in total. The minimum atomic E-state index is -0.386. The predicted octanol–water partition coefficient (Wildman–Crippen LogP) is 3.15.